The van der Waals surface area contributed by atoms with Gasteiger partial charge in [-0.1, -0.05) is 18.9 Å². The van der Waals surface area contributed by atoms with Crippen LogP contribution in [0.25, 0.3) is 5.65 Å². The number of nitrogens with one attached hydrogen (secondary N) is 1. The minimum atomic E-state index is 0.296. The first kappa shape index (κ1) is 13.6. The van der Waals surface area contributed by atoms with E-state index in [0.717, 1.165) is 18.6 Å². The molecule has 2 atom stereocenters. The fourth-order valence-electron chi connectivity index (χ4n) is 3.26. The summed E-state index contributed by atoms with van der Waals surface area (Å²) in [5.41, 5.74) is 3.42. The highest BCUT2D eigenvalue weighted by Crippen LogP contribution is 2.24. The van der Waals surface area contributed by atoms with Crippen LogP contribution in [0.2, 0.25) is 0 Å². The first-order valence-corrected chi connectivity index (χ1v) is 7.55. The normalized spacial score (nSPS) is 23.3. The van der Waals surface area contributed by atoms with Gasteiger partial charge in [0.15, 0.2) is 0 Å². The van der Waals surface area contributed by atoms with E-state index < -0.39 is 0 Å². The number of rotatable bonds is 4. The summed E-state index contributed by atoms with van der Waals surface area (Å²) in [5, 5.41) is 13.1. The topological polar surface area (TPSA) is 49.6 Å². The molecule has 2 N–H and O–H groups in total. The van der Waals surface area contributed by atoms with Crippen molar-refractivity contribution in [2.75, 3.05) is 6.61 Å². The second-order valence-electron chi connectivity index (χ2n) is 5.85. The van der Waals surface area contributed by atoms with Gasteiger partial charge in [0.1, 0.15) is 5.65 Å². The number of nitrogens with zero attached hydrogens (tertiary/aromatic N) is 2. The molecular formula is C16H23N3O. The molecule has 0 aromatic carbocycles. The molecule has 0 amide bonds. The van der Waals surface area contributed by atoms with E-state index in [1.165, 1.54) is 30.5 Å². The highest BCUT2D eigenvalue weighted by Gasteiger charge is 2.24. The zero-order valence-electron chi connectivity index (χ0n) is 12.0. The highest BCUT2D eigenvalue weighted by molar-refractivity contribution is 5.48. The summed E-state index contributed by atoms with van der Waals surface area (Å²) in [7, 11) is 0. The quantitative estimate of drug-likeness (QED) is 0.898. The number of pyridine rings is 1. The minimum Gasteiger partial charge on any atom is -0.396 e. The lowest BCUT2D eigenvalue weighted by molar-refractivity contribution is 0.152. The van der Waals surface area contributed by atoms with Crippen molar-refractivity contribution in [2.45, 2.75) is 45.2 Å². The van der Waals surface area contributed by atoms with Gasteiger partial charge in [0.05, 0.1) is 11.9 Å². The third-order valence-corrected chi connectivity index (χ3v) is 4.50. The molecule has 2 unspecified atom stereocenters. The van der Waals surface area contributed by atoms with Gasteiger partial charge in [-0.05, 0) is 37.3 Å². The fraction of sp³-hybridized carbons (Fsp3) is 0.562. The Morgan fingerprint density at radius 1 is 1.40 bits per heavy atom. The average molecular weight is 273 g/mol. The van der Waals surface area contributed by atoms with Crippen molar-refractivity contribution in [1.29, 1.82) is 0 Å². The SMILES string of the molecule is Cc1cccn2c(CNC3CCCCC3CO)cnc12. The fourth-order valence-corrected chi connectivity index (χ4v) is 3.26. The van der Waals surface area contributed by atoms with Crippen molar-refractivity contribution in [2.24, 2.45) is 5.92 Å². The number of fused-ring (bicyclic) bond motifs is 1. The summed E-state index contributed by atoms with van der Waals surface area (Å²) in [4.78, 5) is 4.49. The lowest BCUT2D eigenvalue weighted by atomic mass is 9.85. The Bertz CT molecular complexity index is 578. The number of aryl methyl sites for hydroxylation is 1. The van der Waals surface area contributed by atoms with Crippen LogP contribution in [-0.2, 0) is 6.54 Å². The van der Waals surface area contributed by atoms with E-state index in [-0.39, 0.29) is 0 Å². The number of hydrogen-bond acceptors (Lipinski definition) is 3. The van der Waals surface area contributed by atoms with Crippen LogP contribution in [-0.4, -0.2) is 27.1 Å². The van der Waals surface area contributed by atoms with Crippen LogP contribution < -0.4 is 5.32 Å². The van der Waals surface area contributed by atoms with Crippen LogP contribution in [0, 0.1) is 12.8 Å². The molecular weight excluding hydrogens is 250 g/mol. The summed E-state index contributed by atoms with van der Waals surface area (Å²) in [5.74, 6) is 0.407. The molecule has 2 aromatic heterocycles. The number of imidazole rings is 1. The van der Waals surface area contributed by atoms with E-state index in [0.29, 0.717) is 18.6 Å². The van der Waals surface area contributed by atoms with Gasteiger partial charge in [0.25, 0.3) is 0 Å². The Labute approximate surface area is 119 Å². The second kappa shape index (κ2) is 5.94. The molecule has 1 aliphatic carbocycles. The number of aromatic nitrogens is 2. The van der Waals surface area contributed by atoms with Crippen molar-refractivity contribution in [1.82, 2.24) is 14.7 Å². The molecule has 0 bridgehead atoms. The van der Waals surface area contributed by atoms with Crippen LogP contribution in [0.1, 0.15) is 36.9 Å². The van der Waals surface area contributed by atoms with Crippen molar-refractivity contribution in [3.63, 3.8) is 0 Å². The predicted octanol–water partition coefficient (Wildman–Crippen LogP) is 2.28. The largest absolute Gasteiger partial charge is 0.396 e. The van der Waals surface area contributed by atoms with E-state index >= 15 is 0 Å². The van der Waals surface area contributed by atoms with Gasteiger partial charge >= 0.3 is 0 Å². The van der Waals surface area contributed by atoms with Crippen LogP contribution >= 0.6 is 0 Å². The Hall–Kier alpha value is -1.39. The molecule has 1 aliphatic rings. The van der Waals surface area contributed by atoms with Crippen molar-refractivity contribution >= 4 is 5.65 Å². The first-order valence-electron chi connectivity index (χ1n) is 7.55. The van der Waals surface area contributed by atoms with E-state index in [9.17, 15) is 5.11 Å². The molecule has 3 rings (SSSR count). The van der Waals surface area contributed by atoms with Gasteiger partial charge in [-0.25, -0.2) is 4.98 Å². The zero-order chi connectivity index (χ0) is 13.9. The highest BCUT2D eigenvalue weighted by atomic mass is 16.3. The third kappa shape index (κ3) is 2.58. The van der Waals surface area contributed by atoms with Crippen LogP contribution in [0.4, 0.5) is 0 Å². The third-order valence-electron chi connectivity index (χ3n) is 4.50. The van der Waals surface area contributed by atoms with Gasteiger partial charge in [-0.3, -0.25) is 0 Å². The van der Waals surface area contributed by atoms with Gasteiger partial charge in [-0.15, -0.1) is 0 Å². The van der Waals surface area contributed by atoms with E-state index in [1.54, 1.807) is 0 Å². The minimum absolute atomic E-state index is 0.296. The number of aliphatic hydroxyl groups is 1. The van der Waals surface area contributed by atoms with Crippen LogP contribution in [0.15, 0.2) is 24.5 Å². The maximum atomic E-state index is 9.47. The molecule has 1 saturated carbocycles. The molecule has 108 valence electrons. The predicted molar refractivity (Wildman–Crippen MR) is 79.6 cm³/mol. The molecule has 1 fully saturated rings. The standard InChI is InChI=1S/C16H23N3O/c1-12-5-4-8-19-14(10-18-16(12)19)9-17-15-7-3-2-6-13(15)11-20/h4-5,8,10,13,15,17,20H,2-3,6-7,9,11H2,1H3. The lowest BCUT2D eigenvalue weighted by Gasteiger charge is -2.31. The van der Waals surface area contributed by atoms with Crippen LogP contribution in [0.5, 0.6) is 0 Å². The number of hydrogen-bond donors (Lipinski definition) is 2. The van der Waals surface area contributed by atoms with Crippen molar-refractivity contribution in [3.8, 4) is 0 Å². The van der Waals surface area contributed by atoms with Gasteiger partial charge in [0, 0.05) is 25.4 Å². The Morgan fingerprint density at radius 3 is 3.10 bits per heavy atom. The van der Waals surface area contributed by atoms with Crippen LogP contribution in [0.3, 0.4) is 0 Å². The summed E-state index contributed by atoms with van der Waals surface area (Å²) >= 11 is 0. The first-order chi connectivity index (χ1) is 9.79. The Morgan fingerprint density at radius 2 is 2.25 bits per heavy atom. The van der Waals surface area contributed by atoms with Crippen molar-refractivity contribution < 1.29 is 5.11 Å². The van der Waals surface area contributed by atoms with Gasteiger partial charge < -0.3 is 14.8 Å². The Balaban J connectivity index is 1.72. The number of aliphatic hydroxyl groups excluding tert-OH is 1. The summed E-state index contributed by atoms with van der Waals surface area (Å²) in [6, 6.07) is 4.58. The van der Waals surface area contributed by atoms with Gasteiger partial charge in [0.2, 0.25) is 0 Å². The maximum Gasteiger partial charge on any atom is 0.139 e. The molecule has 4 heteroatoms. The molecule has 20 heavy (non-hydrogen) atoms. The molecule has 2 aromatic rings. The molecule has 4 nitrogen and oxygen atoms in total. The van der Waals surface area contributed by atoms with Gasteiger partial charge in [-0.2, -0.15) is 0 Å². The summed E-state index contributed by atoms with van der Waals surface area (Å²) < 4.78 is 2.15. The summed E-state index contributed by atoms with van der Waals surface area (Å²) in [6.45, 7) is 3.19. The zero-order valence-corrected chi connectivity index (χ0v) is 12.0. The molecule has 0 radical (unpaired) electrons. The summed E-state index contributed by atoms with van der Waals surface area (Å²) in [6.07, 6.45) is 8.84. The Kier molecular flexibility index (Phi) is 4.03. The smallest absolute Gasteiger partial charge is 0.139 e. The van der Waals surface area contributed by atoms with E-state index in [4.69, 9.17) is 0 Å². The molecule has 2 heterocycles. The second-order valence-corrected chi connectivity index (χ2v) is 5.85. The average Bonchev–Trinajstić information content (AvgIpc) is 2.90. The van der Waals surface area contributed by atoms with E-state index in [1.807, 2.05) is 6.20 Å². The monoisotopic (exact) mass is 273 g/mol. The maximum absolute atomic E-state index is 9.47. The van der Waals surface area contributed by atoms with Crippen molar-refractivity contribution in [3.05, 3.63) is 35.8 Å². The molecule has 0 saturated heterocycles. The lowest BCUT2D eigenvalue weighted by Crippen LogP contribution is -2.39. The molecule has 0 spiro atoms. The van der Waals surface area contributed by atoms with E-state index in [2.05, 4.69) is 40.0 Å². The molecule has 0 aliphatic heterocycles.